The van der Waals surface area contributed by atoms with Crippen LogP contribution in [0.2, 0.25) is 0 Å². The lowest BCUT2D eigenvalue weighted by Gasteiger charge is -2.12. The maximum atomic E-state index is 11.3. The number of pyridine rings is 1. The van der Waals surface area contributed by atoms with E-state index >= 15 is 0 Å². The molecule has 0 aliphatic rings. The van der Waals surface area contributed by atoms with Gasteiger partial charge in [-0.3, -0.25) is 4.98 Å². The minimum absolute atomic E-state index is 0.142. The van der Waals surface area contributed by atoms with E-state index in [1.54, 1.807) is 26.4 Å². The van der Waals surface area contributed by atoms with Crippen LogP contribution in [0.5, 0.6) is 0 Å². The molecule has 0 fully saturated rings. The number of urea groups is 1. The smallest absolute Gasteiger partial charge is 0.321 e. The minimum atomic E-state index is -0.142. The molecule has 13 heavy (non-hydrogen) atoms. The van der Waals surface area contributed by atoms with E-state index in [1.165, 1.54) is 4.90 Å². The van der Waals surface area contributed by atoms with Crippen molar-refractivity contribution < 1.29 is 4.79 Å². The van der Waals surface area contributed by atoms with Crippen molar-refractivity contribution in [2.24, 2.45) is 0 Å². The lowest BCUT2D eigenvalue weighted by Crippen LogP contribution is -2.27. The van der Waals surface area contributed by atoms with Crippen molar-refractivity contribution in [2.75, 3.05) is 19.4 Å². The number of aryl methyl sites for hydroxylation is 1. The van der Waals surface area contributed by atoms with Crippen LogP contribution in [0, 0.1) is 6.92 Å². The van der Waals surface area contributed by atoms with Gasteiger partial charge in [-0.25, -0.2) is 4.79 Å². The molecule has 0 bridgehead atoms. The standard InChI is InChI=1S/C9H13N3O/c1-7-8(5-4-6-10-7)11-9(13)12(2)3/h4-6H,1-3H3,(H,11,13). The molecule has 1 aromatic heterocycles. The first-order valence-corrected chi connectivity index (χ1v) is 4.01. The van der Waals surface area contributed by atoms with Crippen molar-refractivity contribution in [1.82, 2.24) is 9.88 Å². The molecule has 0 spiro atoms. The summed E-state index contributed by atoms with van der Waals surface area (Å²) in [4.78, 5) is 16.8. The first-order valence-electron chi connectivity index (χ1n) is 4.01. The van der Waals surface area contributed by atoms with E-state index in [1.807, 2.05) is 13.0 Å². The summed E-state index contributed by atoms with van der Waals surface area (Å²) in [5, 5.41) is 2.73. The highest BCUT2D eigenvalue weighted by Gasteiger charge is 2.05. The first kappa shape index (κ1) is 9.51. The number of nitrogens with zero attached hydrogens (tertiary/aromatic N) is 2. The van der Waals surface area contributed by atoms with Crippen LogP contribution in [0.1, 0.15) is 5.69 Å². The fraction of sp³-hybridized carbons (Fsp3) is 0.333. The molecule has 0 saturated carbocycles. The second kappa shape index (κ2) is 3.89. The summed E-state index contributed by atoms with van der Waals surface area (Å²) < 4.78 is 0. The Kier molecular flexibility index (Phi) is 2.84. The van der Waals surface area contributed by atoms with Crippen LogP contribution >= 0.6 is 0 Å². The normalized spacial score (nSPS) is 9.46. The molecule has 4 heteroatoms. The second-order valence-corrected chi connectivity index (χ2v) is 2.96. The van der Waals surface area contributed by atoms with E-state index in [4.69, 9.17) is 0 Å². The van der Waals surface area contributed by atoms with Crippen molar-refractivity contribution in [3.05, 3.63) is 24.0 Å². The second-order valence-electron chi connectivity index (χ2n) is 2.96. The van der Waals surface area contributed by atoms with Gasteiger partial charge in [-0.2, -0.15) is 0 Å². The Morgan fingerprint density at radius 3 is 2.77 bits per heavy atom. The fourth-order valence-corrected chi connectivity index (χ4v) is 0.843. The highest BCUT2D eigenvalue weighted by Crippen LogP contribution is 2.10. The SMILES string of the molecule is Cc1ncccc1NC(=O)N(C)C. The third-order valence-corrected chi connectivity index (χ3v) is 1.65. The monoisotopic (exact) mass is 179 g/mol. The van der Waals surface area contributed by atoms with E-state index in [-0.39, 0.29) is 6.03 Å². The summed E-state index contributed by atoms with van der Waals surface area (Å²) in [5.41, 5.74) is 1.57. The van der Waals surface area contributed by atoms with Crippen molar-refractivity contribution in [3.63, 3.8) is 0 Å². The lowest BCUT2D eigenvalue weighted by molar-refractivity contribution is 0.230. The van der Waals surface area contributed by atoms with E-state index in [2.05, 4.69) is 10.3 Å². The first-order chi connectivity index (χ1) is 6.11. The molecule has 0 atom stereocenters. The molecule has 0 aliphatic carbocycles. The van der Waals surface area contributed by atoms with E-state index in [0.29, 0.717) is 0 Å². The zero-order valence-electron chi connectivity index (χ0n) is 8.03. The Balaban J connectivity index is 2.75. The van der Waals surface area contributed by atoms with Gasteiger partial charge in [0.1, 0.15) is 0 Å². The van der Waals surface area contributed by atoms with Crippen LogP contribution in [-0.2, 0) is 0 Å². The Morgan fingerprint density at radius 1 is 1.54 bits per heavy atom. The van der Waals surface area contributed by atoms with Crippen LogP contribution in [0.15, 0.2) is 18.3 Å². The molecular formula is C9H13N3O. The van der Waals surface area contributed by atoms with Gasteiger partial charge in [-0.05, 0) is 19.1 Å². The number of rotatable bonds is 1. The number of carbonyl (C=O) groups is 1. The Labute approximate surface area is 77.6 Å². The van der Waals surface area contributed by atoms with Gasteiger partial charge in [0.15, 0.2) is 0 Å². The minimum Gasteiger partial charge on any atom is -0.331 e. The highest BCUT2D eigenvalue weighted by atomic mass is 16.2. The van der Waals surface area contributed by atoms with Crippen LogP contribution in [-0.4, -0.2) is 30.0 Å². The lowest BCUT2D eigenvalue weighted by atomic mass is 10.3. The van der Waals surface area contributed by atoms with Crippen LogP contribution < -0.4 is 5.32 Å². The average Bonchev–Trinajstić information content (AvgIpc) is 2.08. The third-order valence-electron chi connectivity index (χ3n) is 1.65. The number of amides is 2. The van der Waals surface area contributed by atoms with E-state index in [0.717, 1.165) is 11.4 Å². The van der Waals surface area contributed by atoms with Gasteiger partial charge in [0.05, 0.1) is 11.4 Å². The summed E-state index contributed by atoms with van der Waals surface area (Å²) in [6, 6.07) is 3.47. The molecule has 1 heterocycles. The van der Waals surface area contributed by atoms with Crippen LogP contribution in [0.3, 0.4) is 0 Å². The molecule has 0 aromatic carbocycles. The predicted octanol–water partition coefficient (Wildman–Crippen LogP) is 1.48. The third kappa shape index (κ3) is 2.43. The topological polar surface area (TPSA) is 45.2 Å². The van der Waals surface area contributed by atoms with Gasteiger partial charge in [-0.15, -0.1) is 0 Å². The number of hydrogen-bond acceptors (Lipinski definition) is 2. The molecular weight excluding hydrogens is 166 g/mol. The van der Waals surface area contributed by atoms with E-state index < -0.39 is 0 Å². The fourth-order valence-electron chi connectivity index (χ4n) is 0.843. The molecule has 0 radical (unpaired) electrons. The molecule has 0 saturated heterocycles. The summed E-state index contributed by atoms with van der Waals surface area (Å²) in [7, 11) is 3.39. The van der Waals surface area contributed by atoms with Gasteiger partial charge in [-0.1, -0.05) is 0 Å². The molecule has 1 rings (SSSR count). The quantitative estimate of drug-likeness (QED) is 0.709. The number of anilines is 1. The number of carbonyl (C=O) groups excluding carboxylic acids is 1. The van der Waals surface area contributed by atoms with Gasteiger partial charge < -0.3 is 10.2 Å². The van der Waals surface area contributed by atoms with Gasteiger partial charge >= 0.3 is 6.03 Å². The van der Waals surface area contributed by atoms with Crippen molar-refractivity contribution in [2.45, 2.75) is 6.92 Å². The van der Waals surface area contributed by atoms with Crippen LogP contribution in [0.4, 0.5) is 10.5 Å². The number of aromatic nitrogens is 1. The largest absolute Gasteiger partial charge is 0.331 e. The molecule has 0 aliphatic heterocycles. The average molecular weight is 179 g/mol. The van der Waals surface area contributed by atoms with Gasteiger partial charge in [0.25, 0.3) is 0 Å². The maximum Gasteiger partial charge on any atom is 0.321 e. The molecule has 0 unspecified atom stereocenters. The van der Waals surface area contributed by atoms with Crippen molar-refractivity contribution in [3.8, 4) is 0 Å². The van der Waals surface area contributed by atoms with E-state index in [9.17, 15) is 4.79 Å². The van der Waals surface area contributed by atoms with Gasteiger partial charge in [0, 0.05) is 20.3 Å². The zero-order valence-corrected chi connectivity index (χ0v) is 8.03. The van der Waals surface area contributed by atoms with Gasteiger partial charge in [0.2, 0.25) is 0 Å². The van der Waals surface area contributed by atoms with Crippen molar-refractivity contribution in [1.29, 1.82) is 0 Å². The Bertz CT molecular complexity index is 309. The molecule has 2 amide bonds. The Hall–Kier alpha value is -1.58. The Morgan fingerprint density at radius 2 is 2.23 bits per heavy atom. The van der Waals surface area contributed by atoms with Crippen LogP contribution in [0.25, 0.3) is 0 Å². The molecule has 70 valence electrons. The summed E-state index contributed by atoms with van der Waals surface area (Å²) in [6.07, 6.45) is 1.70. The summed E-state index contributed by atoms with van der Waals surface area (Å²) >= 11 is 0. The zero-order chi connectivity index (χ0) is 9.84. The van der Waals surface area contributed by atoms with Crippen molar-refractivity contribution >= 4 is 11.7 Å². The maximum absolute atomic E-state index is 11.3. The number of nitrogens with one attached hydrogen (secondary N) is 1. The highest BCUT2D eigenvalue weighted by molar-refractivity contribution is 5.89. The summed E-state index contributed by atoms with van der Waals surface area (Å²) in [5.74, 6) is 0. The molecule has 4 nitrogen and oxygen atoms in total. The predicted molar refractivity (Wildman–Crippen MR) is 51.7 cm³/mol. The molecule has 1 N–H and O–H groups in total. The number of hydrogen-bond donors (Lipinski definition) is 1. The molecule has 1 aromatic rings. The summed E-state index contributed by atoms with van der Waals surface area (Å²) in [6.45, 7) is 1.85.